The van der Waals surface area contributed by atoms with Crippen molar-refractivity contribution >= 4 is 0 Å². The van der Waals surface area contributed by atoms with Gasteiger partial charge in [-0.05, 0) is 42.9 Å². The first kappa shape index (κ1) is 14.5. The molecule has 0 spiro atoms. The second-order valence-electron chi connectivity index (χ2n) is 4.95. The first-order chi connectivity index (χ1) is 9.65. The van der Waals surface area contributed by atoms with Gasteiger partial charge in [-0.25, -0.2) is 4.98 Å². The van der Waals surface area contributed by atoms with Gasteiger partial charge in [0.25, 0.3) is 0 Å². The predicted octanol–water partition coefficient (Wildman–Crippen LogP) is 2.31. The van der Waals surface area contributed by atoms with E-state index in [9.17, 15) is 5.11 Å². The van der Waals surface area contributed by atoms with Crippen LogP contribution in [0.5, 0.6) is 5.88 Å². The Bertz CT molecular complexity index is 582. The summed E-state index contributed by atoms with van der Waals surface area (Å²) < 4.78 is 5.29. The Hall–Kier alpha value is -1.91. The standard InChI is InChI=1S/C16H20N2O2/c1-18(2)10-12-6-7-14(13(9-12)11-19)15-5-4-8-17-16(15)20-3/h4-9,19H,10-11H2,1-3H3. The van der Waals surface area contributed by atoms with E-state index in [4.69, 9.17) is 4.74 Å². The predicted molar refractivity (Wildman–Crippen MR) is 79.5 cm³/mol. The topological polar surface area (TPSA) is 45.6 Å². The van der Waals surface area contributed by atoms with E-state index in [1.807, 2.05) is 38.4 Å². The number of hydrogen-bond acceptors (Lipinski definition) is 4. The van der Waals surface area contributed by atoms with Crippen LogP contribution in [0, 0.1) is 0 Å². The minimum atomic E-state index is -0.00531. The Morgan fingerprint density at radius 3 is 2.65 bits per heavy atom. The summed E-state index contributed by atoms with van der Waals surface area (Å²) in [4.78, 5) is 6.31. The minimum absolute atomic E-state index is 0.00531. The summed E-state index contributed by atoms with van der Waals surface area (Å²) in [6.07, 6.45) is 1.70. The zero-order chi connectivity index (χ0) is 14.5. The molecule has 0 amide bonds. The largest absolute Gasteiger partial charge is 0.481 e. The molecule has 4 nitrogen and oxygen atoms in total. The van der Waals surface area contributed by atoms with Gasteiger partial charge < -0.3 is 14.7 Å². The van der Waals surface area contributed by atoms with Crippen LogP contribution in [0.2, 0.25) is 0 Å². The van der Waals surface area contributed by atoms with Crippen molar-refractivity contribution in [2.75, 3.05) is 21.2 Å². The fourth-order valence-corrected chi connectivity index (χ4v) is 2.26. The van der Waals surface area contributed by atoms with Crippen molar-refractivity contribution in [3.63, 3.8) is 0 Å². The molecule has 0 aliphatic heterocycles. The third-order valence-corrected chi connectivity index (χ3v) is 3.09. The molecule has 0 fully saturated rings. The molecule has 1 N–H and O–H groups in total. The molecular weight excluding hydrogens is 252 g/mol. The molecule has 1 heterocycles. The number of rotatable bonds is 5. The number of nitrogens with zero attached hydrogens (tertiary/aromatic N) is 2. The van der Waals surface area contributed by atoms with Crippen LogP contribution in [0.15, 0.2) is 36.5 Å². The molecule has 2 rings (SSSR count). The molecule has 20 heavy (non-hydrogen) atoms. The summed E-state index contributed by atoms with van der Waals surface area (Å²) in [7, 11) is 5.65. The molecule has 0 saturated heterocycles. The maximum atomic E-state index is 9.63. The summed E-state index contributed by atoms with van der Waals surface area (Å²) in [6, 6.07) is 9.94. The maximum Gasteiger partial charge on any atom is 0.221 e. The Labute approximate surface area is 119 Å². The van der Waals surface area contributed by atoms with Gasteiger partial charge >= 0.3 is 0 Å². The van der Waals surface area contributed by atoms with E-state index >= 15 is 0 Å². The normalized spacial score (nSPS) is 10.8. The summed E-state index contributed by atoms with van der Waals surface area (Å²) in [5.41, 5.74) is 3.91. The van der Waals surface area contributed by atoms with Crippen molar-refractivity contribution in [1.82, 2.24) is 9.88 Å². The van der Waals surface area contributed by atoms with Gasteiger partial charge in [-0.2, -0.15) is 0 Å². The summed E-state index contributed by atoms with van der Waals surface area (Å²) >= 11 is 0. The number of aliphatic hydroxyl groups excluding tert-OH is 1. The fourth-order valence-electron chi connectivity index (χ4n) is 2.26. The highest BCUT2D eigenvalue weighted by molar-refractivity contribution is 5.72. The number of aromatic nitrogens is 1. The molecule has 0 saturated carbocycles. The van der Waals surface area contributed by atoms with Crippen LogP contribution in [0.1, 0.15) is 11.1 Å². The van der Waals surface area contributed by atoms with Gasteiger partial charge in [-0.1, -0.05) is 18.2 Å². The van der Waals surface area contributed by atoms with E-state index in [1.54, 1.807) is 13.3 Å². The molecule has 0 radical (unpaired) electrons. The van der Waals surface area contributed by atoms with Crippen molar-refractivity contribution in [2.45, 2.75) is 13.2 Å². The van der Waals surface area contributed by atoms with Crippen LogP contribution in [0.4, 0.5) is 0 Å². The average molecular weight is 272 g/mol. The van der Waals surface area contributed by atoms with Crippen LogP contribution in [0.25, 0.3) is 11.1 Å². The zero-order valence-electron chi connectivity index (χ0n) is 12.1. The highest BCUT2D eigenvalue weighted by Gasteiger charge is 2.11. The second kappa shape index (κ2) is 6.50. The van der Waals surface area contributed by atoms with Crippen molar-refractivity contribution in [1.29, 1.82) is 0 Å². The monoisotopic (exact) mass is 272 g/mol. The number of hydrogen-bond donors (Lipinski definition) is 1. The number of pyridine rings is 1. The molecule has 0 unspecified atom stereocenters. The van der Waals surface area contributed by atoms with Crippen molar-refractivity contribution in [3.8, 4) is 17.0 Å². The lowest BCUT2D eigenvalue weighted by molar-refractivity contribution is 0.282. The average Bonchev–Trinajstić information content (AvgIpc) is 2.46. The summed E-state index contributed by atoms with van der Waals surface area (Å²) in [6.45, 7) is 0.839. The number of benzene rings is 1. The first-order valence-electron chi connectivity index (χ1n) is 6.52. The molecule has 1 aromatic carbocycles. The molecule has 106 valence electrons. The molecule has 1 aromatic heterocycles. The maximum absolute atomic E-state index is 9.63. The number of aliphatic hydroxyl groups is 1. The quantitative estimate of drug-likeness (QED) is 0.907. The Kier molecular flexibility index (Phi) is 4.71. The lowest BCUT2D eigenvalue weighted by Gasteiger charge is -2.14. The molecule has 0 aliphatic carbocycles. The lowest BCUT2D eigenvalue weighted by Crippen LogP contribution is -2.11. The van der Waals surface area contributed by atoms with Crippen molar-refractivity contribution in [2.24, 2.45) is 0 Å². The Balaban J connectivity index is 2.46. The lowest BCUT2D eigenvalue weighted by atomic mass is 9.98. The van der Waals surface area contributed by atoms with Gasteiger partial charge in [0.1, 0.15) is 0 Å². The van der Waals surface area contributed by atoms with Gasteiger partial charge in [-0.15, -0.1) is 0 Å². The highest BCUT2D eigenvalue weighted by Crippen LogP contribution is 2.31. The van der Waals surface area contributed by atoms with Crippen molar-refractivity contribution < 1.29 is 9.84 Å². The summed E-state index contributed by atoms with van der Waals surface area (Å²) in [5.74, 6) is 0.572. The van der Waals surface area contributed by atoms with E-state index in [0.29, 0.717) is 5.88 Å². The van der Waals surface area contributed by atoms with E-state index in [1.165, 1.54) is 5.56 Å². The van der Waals surface area contributed by atoms with E-state index < -0.39 is 0 Å². The van der Waals surface area contributed by atoms with Gasteiger partial charge in [0, 0.05) is 18.3 Å². The van der Waals surface area contributed by atoms with Gasteiger partial charge in [-0.3, -0.25) is 0 Å². The number of ether oxygens (including phenoxy) is 1. The van der Waals surface area contributed by atoms with Crippen LogP contribution in [0.3, 0.4) is 0 Å². The molecule has 0 aliphatic rings. The molecule has 4 heteroatoms. The van der Waals surface area contributed by atoms with Gasteiger partial charge in [0.15, 0.2) is 0 Å². The van der Waals surface area contributed by atoms with Gasteiger partial charge in [0.05, 0.1) is 13.7 Å². The third kappa shape index (κ3) is 3.15. The highest BCUT2D eigenvalue weighted by atomic mass is 16.5. The van der Waals surface area contributed by atoms with Crippen LogP contribution in [-0.4, -0.2) is 36.2 Å². The summed E-state index contributed by atoms with van der Waals surface area (Å²) in [5, 5.41) is 9.63. The Morgan fingerprint density at radius 2 is 2.00 bits per heavy atom. The van der Waals surface area contributed by atoms with Crippen LogP contribution >= 0.6 is 0 Å². The molecule has 2 aromatic rings. The molecular formula is C16H20N2O2. The van der Waals surface area contributed by atoms with Gasteiger partial charge in [0.2, 0.25) is 5.88 Å². The van der Waals surface area contributed by atoms with Crippen molar-refractivity contribution in [3.05, 3.63) is 47.7 Å². The third-order valence-electron chi connectivity index (χ3n) is 3.09. The second-order valence-corrected chi connectivity index (χ2v) is 4.95. The zero-order valence-corrected chi connectivity index (χ0v) is 12.1. The first-order valence-corrected chi connectivity index (χ1v) is 6.52. The number of methoxy groups -OCH3 is 1. The fraction of sp³-hybridized carbons (Fsp3) is 0.312. The Morgan fingerprint density at radius 1 is 1.20 bits per heavy atom. The SMILES string of the molecule is COc1ncccc1-c1ccc(CN(C)C)cc1CO. The smallest absolute Gasteiger partial charge is 0.221 e. The van der Waals surface area contributed by atoms with E-state index in [2.05, 4.69) is 16.0 Å². The van der Waals surface area contributed by atoms with E-state index in [0.717, 1.165) is 23.2 Å². The molecule has 0 bridgehead atoms. The van der Waals surface area contributed by atoms with E-state index in [-0.39, 0.29) is 6.61 Å². The van der Waals surface area contributed by atoms with Crippen LogP contribution in [-0.2, 0) is 13.2 Å². The molecule has 0 atom stereocenters. The van der Waals surface area contributed by atoms with Crippen LogP contribution < -0.4 is 4.74 Å². The minimum Gasteiger partial charge on any atom is -0.481 e.